The van der Waals surface area contributed by atoms with E-state index in [4.69, 9.17) is 4.74 Å². The van der Waals surface area contributed by atoms with E-state index in [-0.39, 0.29) is 11.8 Å². The third-order valence-corrected chi connectivity index (χ3v) is 3.85. The predicted molar refractivity (Wildman–Crippen MR) is 105 cm³/mol. The van der Waals surface area contributed by atoms with E-state index >= 15 is 0 Å². The van der Waals surface area contributed by atoms with E-state index in [2.05, 4.69) is 5.32 Å². The maximum absolute atomic E-state index is 12.6. The monoisotopic (exact) mass is 360 g/mol. The molecule has 0 aliphatic heterocycles. The number of amides is 2. The first-order chi connectivity index (χ1) is 13.0. The predicted octanol–water partition coefficient (Wildman–Crippen LogP) is 4.43. The van der Waals surface area contributed by atoms with Crippen molar-refractivity contribution in [3.63, 3.8) is 0 Å². The highest BCUT2D eigenvalue weighted by Gasteiger charge is 2.11. The van der Waals surface area contributed by atoms with Crippen molar-refractivity contribution in [2.24, 2.45) is 0 Å². The lowest BCUT2D eigenvalue weighted by Gasteiger charge is -2.12. The first-order valence-electron chi connectivity index (χ1n) is 8.49. The van der Waals surface area contributed by atoms with E-state index < -0.39 is 0 Å². The number of nitrogens with one attached hydrogen (secondary N) is 1. The van der Waals surface area contributed by atoms with Crippen LogP contribution in [-0.4, -0.2) is 30.8 Å². The fourth-order valence-electron chi connectivity index (χ4n) is 2.52. The number of nitrogens with zero attached hydrogens (tertiary/aromatic N) is 1. The number of rotatable bonds is 5. The summed E-state index contributed by atoms with van der Waals surface area (Å²) in [5, 5.41) is 2.82. The molecule has 3 aromatic carbocycles. The smallest absolute Gasteiger partial charge is 0.255 e. The molecule has 3 aromatic rings. The summed E-state index contributed by atoms with van der Waals surface area (Å²) in [5.74, 6) is 0.877. The number of carbonyl (C=O) groups is 2. The minimum Gasteiger partial charge on any atom is -0.457 e. The summed E-state index contributed by atoms with van der Waals surface area (Å²) < 4.78 is 5.77. The molecule has 0 heterocycles. The van der Waals surface area contributed by atoms with Crippen molar-refractivity contribution in [3.8, 4) is 11.5 Å². The Labute approximate surface area is 158 Å². The molecule has 27 heavy (non-hydrogen) atoms. The van der Waals surface area contributed by atoms with Crippen LogP contribution in [-0.2, 0) is 0 Å². The maximum Gasteiger partial charge on any atom is 0.255 e. The third-order valence-electron chi connectivity index (χ3n) is 3.85. The molecule has 5 heteroatoms. The molecule has 0 saturated carbocycles. The van der Waals surface area contributed by atoms with Crippen molar-refractivity contribution in [1.29, 1.82) is 0 Å². The van der Waals surface area contributed by atoms with Gasteiger partial charge in [0.15, 0.2) is 0 Å². The number of para-hydroxylation sites is 1. The van der Waals surface area contributed by atoms with Gasteiger partial charge in [0.2, 0.25) is 0 Å². The van der Waals surface area contributed by atoms with Crippen molar-refractivity contribution in [2.45, 2.75) is 0 Å². The number of benzene rings is 3. The van der Waals surface area contributed by atoms with E-state index in [9.17, 15) is 9.59 Å². The van der Waals surface area contributed by atoms with Crippen molar-refractivity contribution >= 4 is 17.5 Å². The van der Waals surface area contributed by atoms with Crippen molar-refractivity contribution < 1.29 is 14.3 Å². The van der Waals surface area contributed by atoms with Gasteiger partial charge in [-0.15, -0.1) is 0 Å². The van der Waals surface area contributed by atoms with Crippen molar-refractivity contribution in [2.75, 3.05) is 19.4 Å². The van der Waals surface area contributed by atoms with Gasteiger partial charge < -0.3 is 15.0 Å². The molecule has 0 aromatic heterocycles. The van der Waals surface area contributed by atoms with Gasteiger partial charge in [-0.05, 0) is 48.5 Å². The Kier molecular flexibility index (Phi) is 5.52. The van der Waals surface area contributed by atoms with Crippen LogP contribution in [0.25, 0.3) is 0 Å². The van der Waals surface area contributed by atoms with E-state index in [1.54, 1.807) is 62.6 Å². The molecule has 0 fully saturated rings. The Bertz CT molecular complexity index is 953. The molecule has 0 saturated heterocycles. The number of hydrogen-bond acceptors (Lipinski definition) is 3. The highest BCUT2D eigenvalue weighted by Crippen LogP contribution is 2.22. The molecule has 0 spiro atoms. The Morgan fingerprint density at radius 2 is 1.44 bits per heavy atom. The average Bonchev–Trinajstić information content (AvgIpc) is 2.68. The molecule has 0 aliphatic carbocycles. The van der Waals surface area contributed by atoms with Crippen LogP contribution >= 0.6 is 0 Å². The Morgan fingerprint density at radius 1 is 0.778 bits per heavy atom. The first-order valence-corrected chi connectivity index (χ1v) is 8.49. The summed E-state index contributed by atoms with van der Waals surface area (Å²) in [6.07, 6.45) is 0. The molecule has 3 rings (SSSR count). The van der Waals surface area contributed by atoms with Crippen LogP contribution in [0.3, 0.4) is 0 Å². The maximum atomic E-state index is 12.6. The Balaban J connectivity index is 1.74. The molecular weight excluding hydrogens is 340 g/mol. The highest BCUT2D eigenvalue weighted by atomic mass is 16.5. The van der Waals surface area contributed by atoms with Gasteiger partial charge in [0, 0.05) is 30.9 Å². The quantitative estimate of drug-likeness (QED) is 0.732. The molecule has 2 amide bonds. The van der Waals surface area contributed by atoms with Crippen LogP contribution in [0.4, 0.5) is 5.69 Å². The molecule has 5 nitrogen and oxygen atoms in total. The zero-order valence-electron chi connectivity index (χ0n) is 15.2. The van der Waals surface area contributed by atoms with Gasteiger partial charge in [0.1, 0.15) is 11.5 Å². The largest absolute Gasteiger partial charge is 0.457 e. The number of hydrogen-bond donors (Lipinski definition) is 1. The number of anilines is 1. The lowest BCUT2D eigenvalue weighted by Crippen LogP contribution is -2.21. The van der Waals surface area contributed by atoms with Crippen molar-refractivity contribution in [1.82, 2.24) is 4.90 Å². The lowest BCUT2D eigenvalue weighted by molar-refractivity contribution is 0.0827. The van der Waals surface area contributed by atoms with Crippen LogP contribution in [0, 0.1) is 0 Å². The minimum atomic E-state index is -0.275. The van der Waals surface area contributed by atoms with E-state index in [0.29, 0.717) is 28.3 Å². The standard InChI is InChI=1S/C22H20N2O3/c1-24(2)22(26)17-9-6-10-18(14-17)23-21(25)16-8-7-13-20(15-16)27-19-11-4-3-5-12-19/h3-15H,1-2H3,(H,23,25). The molecule has 0 unspecified atom stereocenters. The Hall–Kier alpha value is -3.60. The lowest BCUT2D eigenvalue weighted by atomic mass is 10.1. The van der Waals surface area contributed by atoms with Gasteiger partial charge in [-0.2, -0.15) is 0 Å². The fraction of sp³-hybridized carbons (Fsp3) is 0.0909. The van der Waals surface area contributed by atoms with Crippen LogP contribution in [0.1, 0.15) is 20.7 Å². The van der Waals surface area contributed by atoms with Crippen LogP contribution in [0.2, 0.25) is 0 Å². The number of ether oxygens (including phenoxy) is 1. The number of carbonyl (C=O) groups excluding carboxylic acids is 2. The Morgan fingerprint density at radius 3 is 2.19 bits per heavy atom. The minimum absolute atomic E-state index is 0.121. The summed E-state index contributed by atoms with van der Waals surface area (Å²) in [6.45, 7) is 0. The van der Waals surface area contributed by atoms with Gasteiger partial charge in [-0.25, -0.2) is 0 Å². The van der Waals surface area contributed by atoms with Crippen LogP contribution in [0.5, 0.6) is 11.5 Å². The highest BCUT2D eigenvalue weighted by molar-refractivity contribution is 6.05. The van der Waals surface area contributed by atoms with Gasteiger partial charge in [-0.1, -0.05) is 30.3 Å². The van der Waals surface area contributed by atoms with Gasteiger partial charge in [0.05, 0.1) is 0 Å². The molecule has 1 N–H and O–H groups in total. The third kappa shape index (κ3) is 4.73. The second-order valence-corrected chi connectivity index (χ2v) is 6.18. The van der Waals surface area contributed by atoms with E-state index in [0.717, 1.165) is 0 Å². The fourth-order valence-corrected chi connectivity index (χ4v) is 2.52. The van der Waals surface area contributed by atoms with E-state index in [1.165, 1.54) is 4.90 Å². The summed E-state index contributed by atoms with van der Waals surface area (Å²) in [6, 6.07) is 23.2. The average molecular weight is 360 g/mol. The molecular formula is C22H20N2O3. The summed E-state index contributed by atoms with van der Waals surface area (Å²) >= 11 is 0. The van der Waals surface area contributed by atoms with Crippen LogP contribution < -0.4 is 10.1 Å². The zero-order chi connectivity index (χ0) is 19.2. The molecule has 0 atom stereocenters. The van der Waals surface area contributed by atoms with Gasteiger partial charge in [0.25, 0.3) is 11.8 Å². The molecule has 0 radical (unpaired) electrons. The second kappa shape index (κ2) is 8.19. The summed E-state index contributed by atoms with van der Waals surface area (Å²) in [4.78, 5) is 26.1. The summed E-state index contributed by atoms with van der Waals surface area (Å²) in [7, 11) is 3.37. The normalized spacial score (nSPS) is 10.1. The van der Waals surface area contributed by atoms with E-state index in [1.807, 2.05) is 30.3 Å². The first kappa shape index (κ1) is 18.2. The second-order valence-electron chi connectivity index (χ2n) is 6.18. The SMILES string of the molecule is CN(C)C(=O)c1cccc(NC(=O)c2cccc(Oc3ccccc3)c2)c1. The topological polar surface area (TPSA) is 58.6 Å². The molecule has 0 bridgehead atoms. The van der Waals surface area contributed by atoms with Gasteiger partial charge in [-0.3, -0.25) is 9.59 Å². The zero-order valence-corrected chi connectivity index (χ0v) is 15.2. The molecule has 0 aliphatic rings. The van der Waals surface area contributed by atoms with Crippen molar-refractivity contribution in [3.05, 3.63) is 90.0 Å². The molecule has 136 valence electrons. The van der Waals surface area contributed by atoms with Gasteiger partial charge >= 0.3 is 0 Å². The van der Waals surface area contributed by atoms with Crippen LogP contribution in [0.15, 0.2) is 78.9 Å². The summed E-state index contributed by atoms with van der Waals surface area (Å²) in [5.41, 5.74) is 1.54.